The Balaban J connectivity index is 3.53. The third-order valence-corrected chi connectivity index (χ3v) is 6.98. The fourth-order valence-electron chi connectivity index (χ4n) is 3.84. The van der Waals surface area contributed by atoms with Crippen LogP contribution < -0.4 is 0 Å². The van der Waals surface area contributed by atoms with Crippen LogP contribution in [-0.4, -0.2) is 30.4 Å². The van der Waals surface area contributed by atoms with Crippen molar-refractivity contribution < 1.29 is 13.2 Å². The minimum atomic E-state index is -3.56. The summed E-state index contributed by atoms with van der Waals surface area (Å²) in [6, 6.07) is -0.246. The van der Waals surface area contributed by atoms with Crippen molar-refractivity contribution in [2.45, 2.75) is 80.7 Å². The monoisotopic (exact) mass is 331 g/mol. The number of rotatable bonds is 3. The van der Waals surface area contributed by atoms with E-state index in [4.69, 9.17) is 0 Å². The molecular formula is C17H33NO3S. The molecule has 0 aromatic heterocycles. The second kappa shape index (κ2) is 5.81. The van der Waals surface area contributed by atoms with Gasteiger partial charge in [0.25, 0.3) is 0 Å². The number of carbonyl (C=O) groups is 1. The Morgan fingerprint density at radius 2 is 1.64 bits per heavy atom. The zero-order chi connectivity index (χ0) is 17.6. The van der Waals surface area contributed by atoms with Crippen molar-refractivity contribution in [3.8, 4) is 0 Å². The molecule has 0 aliphatic carbocycles. The lowest BCUT2D eigenvalue weighted by Crippen LogP contribution is -2.51. The smallest absolute Gasteiger partial charge is 0.241 e. The molecule has 0 spiro atoms. The summed E-state index contributed by atoms with van der Waals surface area (Å²) in [6.07, 6.45) is 2.40. The van der Waals surface area contributed by atoms with Crippen molar-refractivity contribution in [3.05, 3.63) is 0 Å². The van der Waals surface area contributed by atoms with E-state index >= 15 is 0 Å². The molecule has 2 unspecified atom stereocenters. The van der Waals surface area contributed by atoms with E-state index < -0.39 is 15.4 Å². The third-order valence-electron chi connectivity index (χ3n) is 5.08. The highest BCUT2D eigenvalue weighted by Gasteiger charge is 2.61. The normalized spacial score (nSPS) is 28.9. The van der Waals surface area contributed by atoms with Crippen LogP contribution in [0.5, 0.6) is 0 Å². The second-order valence-electron chi connectivity index (χ2n) is 8.69. The molecule has 1 saturated heterocycles. The van der Waals surface area contributed by atoms with Gasteiger partial charge in [0.05, 0.1) is 11.8 Å². The van der Waals surface area contributed by atoms with Gasteiger partial charge >= 0.3 is 0 Å². The number of sulfonamides is 1. The summed E-state index contributed by atoms with van der Waals surface area (Å²) < 4.78 is 27.0. The Bertz CT molecular complexity index is 525. The number of hydrogen-bond acceptors (Lipinski definition) is 3. The summed E-state index contributed by atoms with van der Waals surface area (Å²) in [5.41, 5.74) is -1.25. The van der Waals surface area contributed by atoms with E-state index in [2.05, 4.69) is 27.7 Å². The van der Waals surface area contributed by atoms with Crippen LogP contribution in [0.3, 0.4) is 0 Å². The zero-order valence-electron chi connectivity index (χ0n) is 15.5. The average molecular weight is 332 g/mol. The summed E-state index contributed by atoms with van der Waals surface area (Å²) in [4.78, 5) is 12.8. The molecule has 2 atom stereocenters. The predicted molar refractivity (Wildman–Crippen MR) is 91.0 cm³/mol. The molecule has 1 aliphatic rings. The van der Waals surface area contributed by atoms with Crippen LogP contribution in [0.1, 0.15) is 74.7 Å². The molecule has 1 aliphatic heterocycles. The fourth-order valence-corrected chi connectivity index (χ4v) is 6.67. The first-order chi connectivity index (χ1) is 9.74. The van der Waals surface area contributed by atoms with Gasteiger partial charge in [-0.05, 0) is 18.3 Å². The molecule has 1 amide bonds. The molecule has 1 fully saturated rings. The number of amides is 1. The maximum absolute atomic E-state index is 12.9. The lowest BCUT2D eigenvalue weighted by molar-refractivity contribution is -0.138. The number of hydrogen-bond donors (Lipinski definition) is 0. The van der Waals surface area contributed by atoms with Gasteiger partial charge in [0, 0.05) is 10.8 Å². The van der Waals surface area contributed by atoms with E-state index in [0.717, 1.165) is 12.8 Å². The van der Waals surface area contributed by atoms with Gasteiger partial charge in [-0.3, -0.25) is 4.79 Å². The topological polar surface area (TPSA) is 54.5 Å². The lowest BCUT2D eigenvalue weighted by atomic mass is 9.60. The molecule has 0 saturated carbocycles. The van der Waals surface area contributed by atoms with Crippen molar-refractivity contribution in [2.75, 3.05) is 5.75 Å². The van der Waals surface area contributed by atoms with E-state index in [0.29, 0.717) is 6.42 Å². The van der Waals surface area contributed by atoms with E-state index in [1.807, 2.05) is 6.92 Å². The standard InChI is InChI=1S/C17H33NO3S/c1-9-11-17(16(6,7)8)12-22(20,21)18(13(17)10-2)14(19)15(3,4)5/h13H,9-12H2,1-8H3. The van der Waals surface area contributed by atoms with E-state index in [9.17, 15) is 13.2 Å². The molecule has 0 bridgehead atoms. The van der Waals surface area contributed by atoms with Crippen LogP contribution in [0, 0.1) is 16.2 Å². The first-order valence-electron chi connectivity index (χ1n) is 8.31. The highest BCUT2D eigenvalue weighted by molar-refractivity contribution is 7.90. The van der Waals surface area contributed by atoms with Crippen molar-refractivity contribution in [3.63, 3.8) is 0 Å². The van der Waals surface area contributed by atoms with Crippen molar-refractivity contribution in [2.24, 2.45) is 16.2 Å². The predicted octanol–water partition coefficient (Wildman–Crippen LogP) is 3.82. The molecule has 1 heterocycles. The van der Waals surface area contributed by atoms with Gasteiger partial charge in [0.15, 0.2) is 0 Å². The van der Waals surface area contributed by atoms with Crippen LogP contribution in [0.25, 0.3) is 0 Å². The Morgan fingerprint density at radius 3 is 1.95 bits per heavy atom. The molecule has 0 aromatic carbocycles. The van der Waals surface area contributed by atoms with Crippen LogP contribution >= 0.6 is 0 Å². The largest absolute Gasteiger partial charge is 0.273 e. The molecule has 5 heteroatoms. The van der Waals surface area contributed by atoms with Crippen LogP contribution in [0.2, 0.25) is 0 Å². The highest BCUT2D eigenvalue weighted by Crippen LogP contribution is 2.54. The van der Waals surface area contributed by atoms with Crippen molar-refractivity contribution in [1.82, 2.24) is 4.31 Å². The maximum Gasteiger partial charge on any atom is 0.241 e. The maximum atomic E-state index is 12.9. The van der Waals surface area contributed by atoms with Gasteiger partial charge in [-0.1, -0.05) is 61.8 Å². The third kappa shape index (κ3) is 3.06. The van der Waals surface area contributed by atoms with Gasteiger partial charge in [0.2, 0.25) is 15.9 Å². The quantitative estimate of drug-likeness (QED) is 0.790. The molecule has 1 rings (SSSR count). The average Bonchev–Trinajstić information content (AvgIpc) is 2.54. The van der Waals surface area contributed by atoms with Gasteiger partial charge < -0.3 is 0 Å². The molecule has 0 N–H and O–H groups in total. The summed E-state index contributed by atoms with van der Waals surface area (Å²) in [6.45, 7) is 15.7. The molecule has 0 radical (unpaired) electrons. The molecule has 130 valence electrons. The van der Waals surface area contributed by atoms with Gasteiger partial charge in [-0.25, -0.2) is 12.7 Å². The molecule has 0 aromatic rings. The van der Waals surface area contributed by atoms with Crippen LogP contribution in [0.15, 0.2) is 0 Å². The Hall–Kier alpha value is -0.580. The minimum Gasteiger partial charge on any atom is -0.273 e. The lowest BCUT2D eigenvalue weighted by Gasteiger charge is -2.46. The van der Waals surface area contributed by atoms with Crippen molar-refractivity contribution >= 4 is 15.9 Å². The minimum absolute atomic E-state index is 0.0810. The highest BCUT2D eigenvalue weighted by atomic mass is 32.2. The summed E-state index contributed by atoms with van der Waals surface area (Å²) in [5, 5.41) is 0. The Morgan fingerprint density at radius 1 is 1.14 bits per heavy atom. The van der Waals surface area contributed by atoms with Gasteiger partial charge in [0.1, 0.15) is 0 Å². The Kier molecular flexibility index (Phi) is 5.14. The van der Waals surface area contributed by atoms with Gasteiger partial charge in [-0.15, -0.1) is 0 Å². The first-order valence-corrected chi connectivity index (χ1v) is 9.92. The molecule has 22 heavy (non-hydrogen) atoms. The van der Waals surface area contributed by atoms with Gasteiger partial charge in [-0.2, -0.15) is 0 Å². The van der Waals surface area contributed by atoms with Crippen molar-refractivity contribution in [1.29, 1.82) is 0 Å². The Labute approximate surface area is 136 Å². The van der Waals surface area contributed by atoms with Crippen LogP contribution in [0.4, 0.5) is 0 Å². The summed E-state index contributed by atoms with van der Waals surface area (Å²) >= 11 is 0. The number of carbonyl (C=O) groups excluding carboxylic acids is 1. The SMILES string of the molecule is CCCC1(C(C)(C)C)CS(=O)(=O)N(C(=O)C(C)(C)C)C1CC. The van der Waals surface area contributed by atoms with E-state index in [-0.39, 0.29) is 28.5 Å². The summed E-state index contributed by atoms with van der Waals surface area (Å²) in [7, 11) is -3.56. The first kappa shape index (κ1) is 19.5. The molecule has 4 nitrogen and oxygen atoms in total. The fraction of sp³-hybridized carbons (Fsp3) is 0.941. The van der Waals surface area contributed by atoms with Crippen LogP contribution in [-0.2, 0) is 14.8 Å². The van der Waals surface area contributed by atoms with E-state index in [1.54, 1.807) is 20.8 Å². The zero-order valence-corrected chi connectivity index (χ0v) is 16.3. The van der Waals surface area contributed by atoms with E-state index in [1.165, 1.54) is 4.31 Å². The number of nitrogens with zero attached hydrogens (tertiary/aromatic N) is 1. The second-order valence-corrected chi connectivity index (χ2v) is 10.5. The summed E-state index contributed by atoms with van der Waals surface area (Å²) in [5.74, 6) is -0.195. The molecular weight excluding hydrogens is 298 g/mol.